The molecule has 1 spiro atoms. The van der Waals surface area contributed by atoms with E-state index in [1.54, 1.807) is 6.07 Å². The van der Waals surface area contributed by atoms with E-state index >= 15 is 0 Å². The average Bonchev–Trinajstić information content (AvgIpc) is 2.75. The predicted molar refractivity (Wildman–Crippen MR) is 98.4 cm³/mol. The van der Waals surface area contributed by atoms with Crippen LogP contribution in [-0.2, 0) is 9.59 Å². The standard InChI is InChI=1S/C17H20IN3O3/c1-11-5-2-3-8-17(11)15(23)21(16(24)20-17)10-14(22)19-13-7-4-6-12(18)9-13/h4,6-7,9,11H,2-3,5,8,10H2,1H3,(H,19,22)(H,20,24)/t11-,17-/m0/s1. The van der Waals surface area contributed by atoms with E-state index in [1.165, 1.54) is 0 Å². The van der Waals surface area contributed by atoms with E-state index in [0.717, 1.165) is 27.7 Å². The molecule has 1 aliphatic carbocycles. The number of rotatable bonds is 3. The van der Waals surface area contributed by atoms with Crippen LogP contribution in [0.2, 0.25) is 0 Å². The first-order valence-corrected chi connectivity index (χ1v) is 9.20. The molecule has 2 fully saturated rings. The summed E-state index contributed by atoms with van der Waals surface area (Å²) in [6.45, 7) is 1.73. The highest BCUT2D eigenvalue weighted by Crippen LogP contribution is 2.38. The monoisotopic (exact) mass is 441 g/mol. The Hall–Kier alpha value is -1.64. The zero-order chi connectivity index (χ0) is 17.3. The van der Waals surface area contributed by atoms with Crippen LogP contribution < -0.4 is 10.6 Å². The summed E-state index contributed by atoms with van der Waals surface area (Å²) in [7, 11) is 0. The Bertz CT molecular complexity index is 693. The Labute approximate surface area is 154 Å². The van der Waals surface area contributed by atoms with Gasteiger partial charge >= 0.3 is 6.03 Å². The van der Waals surface area contributed by atoms with E-state index in [-0.39, 0.29) is 24.3 Å². The van der Waals surface area contributed by atoms with Crippen molar-refractivity contribution in [1.82, 2.24) is 10.2 Å². The van der Waals surface area contributed by atoms with Crippen molar-refractivity contribution in [3.05, 3.63) is 27.8 Å². The summed E-state index contributed by atoms with van der Waals surface area (Å²) in [5, 5.41) is 5.59. The topological polar surface area (TPSA) is 78.5 Å². The van der Waals surface area contributed by atoms with Crippen LogP contribution >= 0.6 is 22.6 Å². The number of amides is 4. The summed E-state index contributed by atoms with van der Waals surface area (Å²) in [5.41, 5.74) is -0.169. The summed E-state index contributed by atoms with van der Waals surface area (Å²) in [6, 6.07) is 6.89. The Morgan fingerprint density at radius 1 is 1.42 bits per heavy atom. The van der Waals surface area contributed by atoms with Gasteiger partial charge in [0.05, 0.1) is 0 Å². The fraction of sp³-hybridized carbons (Fsp3) is 0.471. The summed E-state index contributed by atoms with van der Waals surface area (Å²) in [6.07, 6.45) is 3.54. The molecule has 1 aliphatic heterocycles. The molecule has 7 heteroatoms. The molecule has 2 atom stereocenters. The Morgan fingerprint density at radius 2 is 2.21 bits per heavy atom. The van der Waals surface area contributed by atoms with E-state index < -0.39 is 11.6 Å². The summed E-state index contributed by atoms with van der Waals surface area (Å²) in [5.74, 6) is -0.551. The lowest BCUT2D eigenvalue weighted by molar-refractivity contribution is -0.136. The Balaban J connectivity index is 1.70. The molecule has 2 aliphatic rings. The molecule has 4 amide bonds. The van der Waals surface area contributed by atoms with Gasteiger partial charge in [0.25, 0.3) is 5.91 Å². The minimum atomic E-state index is -0.822. The van der Waals surface area contributed by atoms with Crippen molar-refractivity contribution in [2.75, 3.05) is 11.9 Å². The van der Waals surface area contributed by atoms with Crippen molar-refractivity contribution in [2.45, 2.75) is 38.1 Å². The van der Waals surface area contributed by atoms with E-state index in [0.29, 0.717) is 12.1 Å². The van der Waals surface area contributed by atoms with Gasteiger partial charge in [0, 0.05) is 9.26 Å². The van der Waals surface area contributed by atoms with Crippen molar-refractivity contribution in [3.8, 4) is 0 Å². The van der Waals surface area contributed by atoms with Gasteiger partial charge in [0.1, 0.15) is 12.1 Å². The number of imide groups is 1. The summed E-state index contributed by atoms with van der Waals surface area (Å²) in [4.78, 5) is 38.3. The maximum absolute atomic E-state index is 12.8. The van der Waals surface area contributed by atoms with Crippen LogP contribution in [0.15, 0.2) is 24.3 Å². The Morgan fingerprint density at radius 3 is 2.92 bits per heavy atom. The number of anilines is 1. The number of benzene rings is 1. The molecule has 0 bridgehead atoms. The number of halogens is 1. The third kappa shape index (κ3) is 3.13. The predicted octanol–water partition coefficient (Wildman–Crippen LogP) is 2.73. The third-order valence-electron chi connectivity index (χ3n) is 4.91. The van der Waals surface area contributed by atoms with Gasteiger partial charge in [0.2, 0.25) is 5.91 Å². The number of hydrogen-bond acceptors (Lipinski definition) is 3. The molecule has 0 aromatic heterocycles. The van der Waals surface area contributed by atoms with Crippen molar-refractivity contribution in [3.63, 3.8) is 0 Å². The van der Waals surface area contributed by atoms with Gasteiger partial charge in [-0.25, -0.2) is 4.79 Å². The number of carbonyl (C=O) groups excluding carboxylic acids is 3. The second kappa shape index (κ2) is 6.70. The molecule has 6 nitrogen and oxygen atoms in total. The van der Waals surface area contributed by atoms with Crippen LogP contribution in [-0.4, -0.2) is 34.8 Å². The second-order valence-corrected chi connectivity index (χ2v) is 7.74. The first kappa shape index (κ1) is 17.2. The highest BCUT2D eigenvalue weighted by molar-refractivity contribution is 14.1. The minimum Gasteiger partial charge on any atom is -0.324 e. The molecular weight excluding hydrogens is 421 g/mol. The van der Waals surface area contributed by atoms with E-state index in [2.05, 4.69) is 33.2 Å². The van der Waals surface area contributed by atoms with Crippen molar-refractivity contribution >= 4 is 46.1 Å². The number of hydrogen-bond donors (Lipinski definition) is 2. The number of urea groups is 1. The molecule has 24 heavy (non-hydrogen) atoms. The van der Waals surface area contributed by atoms with Gasteiger partial charge in [-0.3, -0.25) is 14.5 Å². The second-order valence-electron chi connectivity index (χ2n) is 6.50. The van der Waals surface area contributed by atoms with Gasteiger partial charge in [-0.15, -0.1) is 0 Å². The van der Waals surface area contributed by atoms with E-state index in [1.807, 2.05) is 25.1 Å². The summed E-state index contributed by atoms with van der Waals surface area (Å²) >= 11 is 2.16. The quantitative estimate of drug-likeness (QED) is 0.560. The van der Waals surface area contributed by atoms with Gasteiger partial charge in [0.15, 0.2) is 0 Å². The molecule has 1 aromatic carbocycles. The molecule has 0 unspecified atom stereocenters. The molecule has 3 rings (SSSR count). The smallest absolute Gasteiger partial charge is 0.324 e. The lowest BCUT2D eigenvalue weighted by Crippen LogP contribution is -2.54. The van der Waals surface area contributed by atoms with Crippen LogP contribution in [0.25, 0.3) is 0 Å². The molecular formula is C17H20IN3O3. The SMILES string of the molecule is C[C@H]1CCCC[C@]12NC(=O)N(CC(=O)Nc1cccc(I)c1)C2=O. The van der Waals surface area contributed by atoms with Gasteiger partial charge in [-0.1, -0.05) is 25.8 Å². The zero-order valence-electron chi connectivity index (χ0n) is 13.5. The number of nitrogens with one attached hydrogen (secondary N) is 2. The maximum atomic E-state index is 12.8. The fourth-order valence-corrected chi connectivity index (χ4v) is 4.09. The largest absolute Gasteiger partial charge is 0.325 e. The molecule has 1 heterocycles. The van der Waals surface area contributed by atoms with Crippen molar-refractivity contribution in [2.24, 2.45) is 5.92 Å². The number of carbonyl (C=O) groups is 3. The maximum Gasteiger partial charge on any atom is 0.325 e. The highest BCUT2D eigenvalue weighted by atomic mass is 127. The van der Waals surface area contributed by atoms with Crippen LogP contribution in [0.3, 0.4) is 0 Å². The van der Waals surface area contributed by atoms with Gasteiger partial charge in [-0.2, -0.15) is 0 Å². The lowest BCUT2D eigenvalue weighted by Gasteiger charge is -2.36. The van der Waals surface area contributed by atoms with Crippen LogP contribution in [0.4, 0.5) is 10.5 Å². The van der Waals surface area contributed by atoms with Crippen molar-refractivity contribution < 1.29 is 14.4 Å². The molecule has 128 valence electrons. The average molecular weight is 441 g/mol. The normalized spacial score (nSPS) is 26.6. The zero-order valence-corrected chi connectivity index (χ0v) is 15.6. The van der Waals surface area contributed by atoms with Crippen LogP contribution in [0, 0.1) is 9.49 Å². The minimum absolute atomic E-state index is 0.0893. The van der Waals surface area contributed by atoms with Gasteiger partial charge in [-0.05, 0) is 59.5 Å². The highest BCUT2D eigenvalue weighted by Gasteiger charge is 2.55. The lowest BCUT2D eigenvalue weighted by atomic mass is 9.73. The molecule has 1 saturated carbocycles. The summed E-state index contributed by atoms with van der Waals surface area (Å²) < 4.78 is 0.996. The molecule has 2 N–H and O–H groups in total. The number of nitrogens with zero attached hydrogens (tertiary/aromatic N) is 1. The fourth-order valence-electron chi connectivity index (χ4n) is 3.55. The third-order valence-corrected chi connectivity index (χ3v) is 5.58. The Kier molecular flexibility index (Phi) is 4.80. The van der Waals surface area contributed by atoms with Crippen molar-refractivity contribution in [1.29, 1.82) is 0 Å². The first-order chi connectivity index (χ1) is 11.4. The van der Waals surface area contributed by atoms with E-state index in [9.17, 15) is 14.4 Å². The molecule has 1 aromatic rings. The molecule has 0 radical (unpaired) electrons. The first-order valence-electron chi connectivity index (χ1n) is 8.12. The molecule has 1 saturated heterocycles. The van der Waals surface area contributed by atoms with Crippen LogP contribution in [0.5, 0.6) is 0 Å². The van der Waals surface area contributed by atoms with Gasteiger partial charge < -0.3 is 10.6 Å². The van der Waals surface area contributed by atoms with Crippen LogP contribution in [0.1, 0.15) is 32.6 Å². The van der Waals surface area contributed by atoms with E-state index in [4.69, 9.17) is 0 Å².